The van der Waals surface area contributed by atoms with E-state index in [1.807, 2.05) is 20.6 Å². The predicted molar refractivity (Wildman–Crippen MR) is 62.6 cm³/mol. The van der Waals surface area contributed by atoms with E-state index in [9.17, 15) is 0 Å². The molecule has 0 aromatic heterocycles. The van der Waals surface area contributed by atoms with E-state index in [0.29, 0.717) is 0 Å². The maximum atomic E-state index is 2.15. The summed E-state index contributed by atoms with van der Waals surface area (Å²) in [6.45, 7) is 0. The fourth-order valence-electron chi connectivity index (χ4n) is 2.14. The minimum absolute atomic E-state index is 0.997. The normalized spacial score (nSPS) is 33.5. The van der Waals surface area contributed by atoms with Gasteiger partial charge in [-0.1, -0.05) is 40.9 Å². The molecule has 1 unspecified atom stereocenters. The van der Waals surface area contributed by atoms with Gasteiger partial charge in [0.2, 0.25) is 0 Å². The van der Waals surface area contributed by atoms with Crippen molar-refractivity contribution < 1.29 is 0 Å². The van der Waals surface area contributed by atoms with Crippen molar-refractivity contribution in [3.63, 3.8) is 0 Å². The smallest absolute Gasteiger partial charge is 0.0196 e. The summed E-state index contributed by atoms with van der Waals surface area (Å²) in [5, 5.41) is 0.997. The van der Waals surface area contributed by atoms with Gasteiger partial charge in [0, 0.05) is 11.0 Å². The van der Waals surface area contributed by atoms with Gasteiger partial charge in [-0.3, -0.25) is 0 Å². The van der Waals surface area contributed by atoms with Crippen molar-refractivity contribution in [2.24, 2.45) is 5.92 Å². The number of hydrogen-bond donors (Lipinski definition) is 0. The zero-order valence-corrected chi connectivity index (χ0v) is 9.78. The summed E-state index contributed by atoms with van der Waals surface area (Å²) in [7, 11) is 6.22. The molecule has 0 aromatic rings. The van der Waals surface area contributed by atoms with Gasteiger partial charge in [0.15, 0.2) is 0 Å². The van der Waals surface area contributed by atoms with E-state index in [1.54, 1.807) is 0 Å². The topological polar surface area (TPSA) is 0 Å². The first-order valence-corrected chi connectivity index (χ1v) is 8.63. The van der Waals surface area contributed by atoms with Gasteiger partial charge < -0.3 is 0 Å². The Hall–Kier alpha value is 1.05. The molecule has 12 heavy (non-hydrogen) atoms. The Bertz CT molecular complexity index is 110. The Labute approximate surface area is 86.8 Å². The average molecular weight is 220 g/mol. The van der Waals surface area contributed by atoms with E-state index in [0.717, 1.165) is 11.2 Å². The highest BCUT2D eigenvalue weighted by Gasteiger charge is 2.26. The molecule has 70 valence electrons. The highest BCUT2D eigenvalue weighted by molar-refractivity contribution is 9.09. The van der Waals surface area contributed by atoms with E-state index in [1.165, 1.54) is 44.3 Å². The predicted octanol–water partition coefficient (Wildman–Crippen LogP) is 4.37. The van der Waals surface area contributed by atoms with Crippen LogP contribution in [0.3, 0.4) is 0 Å². The molecule has 0 nitrogen and oxygen atoms in total. The van der Waals surface area contributed by atoms with Crippen molar-refractivity contribution in [2.45, 2.75) is 43.8 Å². The van der Waals surface area contributed by atoms with Gasteiger partial charge in [0.1, 0.15) is 0 Å². The van der Waals surface area contributed by atoms with Gasteiger partial charge in [-0.2, -0.15) is 0 Å². The van der Waals surface area contributed by atoms with Crippen LogP contribution in [0.5, 0.6) is 0 Å². The molecular weight excluding hydrogens is 204 g/mol. The maximum absolute atomic E-state index is 2.15. The zero-order valence-electron chi connectivity index (χ0n) is 7.33. The molecule has 1 aliphatic heterocycles. The van der Waals surface area contributed by atoms with Gasteiger partial charge in [-0.15, -0.1) is 0 Å². The summed E-state index contributed by atoms with van der Waals surface area (Å²) in [5.74, 6) is 2.45. The van der Waals surface area contributed by atoms with E-state index in [-0.39, 0.29) is 0 Å². The number of rotatable bonds is 1. The zero-order chi connectivity index (χ0) is 8.23. The molecule has 0 N–H and O–H groups in total. The highest BCUT2D eigenvalue weighted by atomic mass is 33.5. The van der Waals surface area contributed by atoms with E-state index in [4.69, 9.17) is 0 Å². The lowest BCUT2D eigenvalue weighted by Gasteiger charge is -2.31. The van der Waals surface area contributed by atoms with Crippen LogP contribution in [0.4, 0.5) is 0 Å². The molecule has 0 radical (unpaired) electrons. The van der Waals surface area contributed by atoms with Crippen molar-refractivity contribution in [2.75, 3.05) is 5.75 Å². The minimum atomic E-state index is 0.997. The monoisotopic (exact) mass is 220 g/mol. The third-order valence-corrected chi connectivity index (χ3v) is 7.66. The molecule has 2 fully saturated rings. The summed E-state index contributed by atoms with van der Waals surface area (Å²) in [6, 6.07) is 0. The summed E-state index contributed by atoms with van der Waals surface area (Å²) >= 11 is 0. The fourth-order valence-corrected chi connectivity index (χ4v) is 7.26. The first kappa shape index (κ1) is 9.60. The second-order valence-electron chi connectivity index (χ2n) is 3.71. The van der Waals surface area contributed by atoms with Crippen LogP contribution in [-0.2, 0) is 0 Å². The lowest BCUT2D eigenvalue weighted by Crippen LogP contribution is -2.21. The van der Waals surface area contributed by atoms with Gasteiger partial charge >= 0.3 is 0 Å². The molecule has 2 aliphatic rings. The first-order chi connectivity index (χ1) is 5.97. The van der Waals surface area contributed by atoms with Crippen molar-refractivity contribution in [1.29, 1.82) is 0 Å². The number of hydrogen-bond acceptors (Lipinski definition) is 3. The van der Waals surface area contributed by atoms with Gasteiger partial charge in [0.25, 0.3) is 0 Å². The van der Waals surface area contributed by atoms with Crippen LogP contribution in [0.2, 0.25) is 0 Å². The molecule has 3 heteroatoms. The summed E-state index contributed by atoms with van der Waals surface area (Å²) in [6.07, 6.45) is 8.99. The molecule has 0 aromatic carbocycles. The summed E-state index contributed by atoms with van der Waals surface area (Å²) < 4.78 is 0. The summed E-state index contributed by atoms with van der Waals surface area (Å²) in [4.78, 5) is 0. The van der Waals surface area contributed by atoms with Gasteiger partial charge in [-0.05, 0) is 35.0 Å². The minimum Gasteiger partial charge on any atom is -0.0825 e. The van der Waals surface area contributed by atoms with Crippen LogP contribution in [0, 0.1) is 5.92 Å². The van der Waals surface area contributed by atoms with Crippen LogP contribution in [-0.4, -0.2) is 11.0 Å². The molecular formula is C9H16S3. The van der Waals surface area contributed by atoms with Crippen molar-refractivity contribution in [3.05, 3.63) is 0 Å². The largest absolute Gasteiger partial charge is 0.0825 e. The third-order valence-electron chi connectivity index (χ3n) is 2.87. The van der Waals surface area contributed by atoms with Crippen LogP contribution >= 0.6 is 31.4 Å². The quantitative estimate of drug-likeness (QED) is 0.602. The van der Waals surface area contributed by atoms with Crippen LogP contribution < -0.4 is 0 Å². The van der Waals surface area contributed by atoms with Crippen molar-refractivity contribution in [3.8, 4) is 0 Å². The molecule has 1 aliphatic carbocycles. The standard InChI is InChI=1S/C9H16S3/c1-2-4-8(5-3-1)9-6-7-10-12-11-9/h8-9H,1-7H2. The molecule has 1 saturated heterocycles. The Morgan fingerprint density at radius 3 is 2.42 bits per heavy atom. The Morgan fingerprint density at radius 2 is 1.75 bits per heavy atom. The van der Waals surface area contributed by atoms with Crippen LogP contribution in [0.1, 0.15) is 38.5 Å². The van der Waals surface area contributed by atoms with Crippen LogP contribution in [0.15, 0.2) is 0 Å². The molecule has 1 saturated carbocycles. The molecule has 1 heterocycles. The van der Waals surface area contributed by atoms with Crippen LogP contribution in [0.25, 0.3) is 0 Å². The highest BCUT2D eigenvalue weighted by Crippen LogP contribution is 2.49. The van der Waals surface area contributed by atoms with E-state index < -0.39 is 0 Å². The van der Waals surface area contributed by atoms with Crippen molar-refractivity contribution >= 4 is 31.4 Å². The van der Waals surface area contributed by atoms with E-state index in [2.05, 4.69) is 10.8 Å². The Morgan fingerprint density at radius 1 is 0.917 bits per heavy atom. The lowest BCUT2D eigenvalue weighted by atomic mass is 9.86. The Balaban J connectivity index is 1.80. The SMILES string of the molecule is C1CCC(C2CCSSS2)CC1. The van der Waals surface area contributed by atoms with Crippen molar-refractivity contribution in [1.82, 2.24) is 0 Å². The Kier molecular flexibility index (Phi) is 4.05. The molecule has 0 bridgehead atoms. The second-order valence-corrected chi connectivity index (χ2v) is 8.21. The van der Waals surface area contributed by atoms with E-state index >= 15 is 0 Å². The molecule has 0 spiro atoms. The first-order valence-electron chi connectivity index (χ1n) is 4.92. The summed E-state index contributed by atoms with van der Waals surface area (Å²) in [5.41, 5.74) is 0. The molecule has 0 amide bonds. The lowest BCUT2D eigenvalue weighted by molar-refractivity contribution is 0.346. The third kappa shape index (κ3) is 2.52. The second kappa shape index (κ2) is 5.06. The molecule has 1 atom stereocenters. The molecule has 2 rings (SSSR count). The van der Waals surface area contributed by atoms with Gasteiger partial charge in [0.05, 0.1) is 0 Å². The van der Waals surface area contributed by atoms with Gasteiger partial charge in [-0.25, -0.2) is 0 Å². The average Bonchev–Trinajstić information content (AvgIpc) is 2.21. The fraction of sp³-hybridized carbons (Fsp3) is 1.00. The maximum Gasteiger partial charge on any atom is 0.0196 e.